The van der Waals surface area contributed by atoms with Crippen LogP contribution >= 0.6 is 0 Å². The van der Waals surface area contributed by atoms with Gasteiger partial charge in [0.05, 0.1) is 0 Å². The predicted molar refractivity (Wildman–Crippen MR) is 129 cm³/mol. The zero-order valence-electron chi connectivity index (χ0n) is 17.5. The molecule has 0 bridgehead atoms. The number of fused-ring (bicyclic) bond motifs is 6. The zero-order chi connectivity index (χ0) is 20.5. The quantitative estimate of drug-likeness (QED) is 0.287. The van der Waals surface area contributed by atoms with Crippen molar-refractivity contribution in [2.45, 2.75) is 26.2 Å². The van der Waals surface area contributed by atoms with Gasteiger partial charge in [-0.05, 0) is 46.4 Å². The van der Waals surface area contributed by atoms with E-state index in [4.69, 9.17) is 0 Å². The van der Waals surface area contributed by atoms with E-state index in [2.05, 4.69) is 110 Å². The molecule has 30 heavy (non-hydrogen) atoms. The lowest BCUT2D eigenvalue weighted by atomic mass is 9.85. The standard InChI is InChI=1S/C28H24N2/c1-28(2,3)18-9-6-8-17(14-18)19-11-7-13-24-27(19)22-16-25-21(15-26(22)30-24)20-10-4-5-12-23(20)29-25/h4-16,29-30H,1-3H3. The SMILES string of the molecule is CC(C)(C)c1cccc(-c2cccc3[nH]c4cc5c(cc4c23)[nH]c2ccccc25)c1. The van der Waals surface area contributed by atoms with Gasteiger partial charge in [0.15, 0.2) is 0 Å². The molecule has 2 heteroatoms. The first-order valence-electron chi connectivity index (χ1n) is 10.5. The second-order valence-corrected chi connectivity index (χ2v) is 9.30. The summed E-state index contributed by atoms with van der Waals surface area (Å²) in [4.78, 5) is 7.26. The minimum Gasteiger partial charge on any atom is -0.354 e. The normalized spacial score (nSPS) is 12.5. The van der Waals surface area contributed by atoms with Crippen LogP contribution in [0.15, 0.2) is 78.9 Å². The van der Waals surface area contributed by atoms with E-state index in [1.807, 2.05) is 0 Å². The largest absolute Gasteiger partial charge is 0.354 e. The third-order valence-corrected chi connectivity index (χ3v) is 6.29. The van der Waals surface area contributed by atoms with Gasteiger partial charge in [0.2, 0.25) is 0 Å². The molecule has 2 N–H and O–H groups in total. The van der Waals surface area contributed by atoms with Crippen LogP contribution in [0.1, 0.15) is 26.3 Å². The Kier molecular flexibility index (Phi) is 3.47. The molecule has 0 saturated heterocycles. The first-order chi connectivity index (χ1) is 14.5. The lowest BCUT2D eigenvalue weighted by molar-refractivity contribution is 0.590. The number of aromatic amines is 2. The van der Waals surface area contributed by atoms with Gasteiger partial charge in [-0.25, -0.2) is 0 Å². The van der Waals surface area contributed by atoms with E-state index < -0.39 is 0 Å². The molecule has 0 amide bonds. The Morgan fingerprint density at radius 1 is 0.567 bits per heavy atom. The highest BCUT2D eigenvalue weighted by molar-refractivity contribution is 6.20. The molecule has 0 fully saturated rings. The third-order valence-electron chi connectivity index (χ3n) is 6.29. The molecule has 2 heterocycles. The molecule has 6 aromatic rings. The van der Waals surface area contributed by atoms with Crippen molar-refractivity contribution < 1.29 is 0 Å². The molecule has 0 spiro atoms. The van der Waals surface area contributed by atoms with Gasteiger partial charge >= 0.3 is 0 Å². The molecular formula is C28H24N2. The molecule has 0 aliphatic carbocycles. The smallest absolute Gasteiger partial charge is 0.0472 e. The second-order valence-electron chi connectivity index (χ2n) is 9.30. The van der Waals surface area contributed by atoms with E-state index in [0.717, 1.165) is 0 Å². The van der Waals surface area contributed by atoms with Gasteiger partial charge in [-0.2, -0.15) is 0 Å². The number of nitrogens with one attached hydrogen (secondary N) is 2. The van der Waals surface area contributed by atoms with Crippen molar-refractivity contribution in [3.63, 3.8) is 0 Å². The second kappa shape index (κ2) is 5.99. The maximum absolute atomic E-state index is 3.67. The molecule has 146 valence electrons. The van der Waals surface area contributed by atoms with Crippen LogP contribution in [0.2, 0.25) is 0 Å². The molecule has 4 aromatic carbocycles. The van der Waals surface area contributed by atoms with E-state index in [9.17, 15) is 0 Å². The average Bonchev–Trinajstić information content (AvgIpc) is 3.28. The van der Waals surface area contributed by atoms with Crippen LogP contribution < -0.4 is 0 Å². The van der Waals surface area contributed by atoms with Crippen LogP contribution in [0.4, 0.5) is 0 Å². The van der Waals surface area contributed by atoms with Gasteiger partial charge in [0, 0.05) is 43.6 Å². The molecule has 2 nitrogen and oxygen atoms in total. The van der Waals surface area contributed by atoms with Gasteiger partial charge < -0.3 is 9.97 Å². The van der Waals surface area contributed by atoms with Gasteiger partial charge in [-0.15, -0.1) is 0 Å². The number of rotatable bonds is 1. The van der Waals surface area contributed by atoms with Crippen molar-refractivity contribution in [1.82, 2.24) is 9.97 Å². The van der Waals surface area contributed by atoms with Crippen LogP contribution in [-0.4, -0.2) is 9.97 Å². The summed E-state index contributed by atoms with van der Waals surface area (Å²) < 4.78 is 0. The van der Waals surface area contributed by atoms with Gasteiger partial charge in [0.25, 0.3) is 0 Å². The number of H-pyrrole nitrogens is 2. The summed E-state index contributed by atoms with van der Waals surface area (Å²) in [6.07, 6.45) is 0. The predicted octanol–water partition coefficient (Wildman–Crippen LogP) is 7.92. The lowest BCUT2D eigenvalue weighted by Gasteiger charge is -2.20. The topological polar surface area (TPSA) is 31.6 Å². The van der Waals surface area contributed by atoms with Crippen molar-refractivity contribution in [3.05, 3.63) is 84.4 Å². The van der Waals surface area contributed by atoms with Crippen LogP contribution in [0.3, 0.4) is 0 Å². The van der Waals surface area contributed by atoms with Crippen molar-refractivity contribution >= 4 is 43.6 Å². The molecule has 2 aromatic heterocycles. The van der Waals surface area contributed by atoms with Gasteiger partial charge in [-0.3, -0.25) is 0 Å². The van der Waals surface area contributed by atoms with Gasteiger partial charge in [-0.1, -0.05) is 75.4 Å². The fourth-order valence-corrected chi connectivity index (χ4v) is 4.69. The van der Waals surface area contributed by atoms with Crippen molar-refractivity contribution in [2.24, 2.45) is 0 Å². The van der Waals surface area contributed by atoms with Crippen LogP contribution in [-0.2, 0) is 5.41 Å². The van der Waals surface area contributed by atoms with Crippen molar-refractivity contribution in [2.75, 3.05) is 0 Å². The zero-order valence-corrected chi connectivity index (χ0v) is 17.5. The molecule has 0 unspecified atom stereocenters. The Balaban J connectivity index is 1.68. The monoisotopic (exact) mass is 388 g/mol. The highest BCUT2D eigenvalue weighted by Crippen LogP contribution is 2.38. The van der Waals surface area contributed by atoms with Crippen LogP contribution in [0, 0.1) is 0 Å². The maximum atomic E-state index is 3.67. The lowest BCUT2D eigenvalue weighted by Crippen LogP contribution is -2.10. The minimum absolute atomic E-state index is 0.126. The number of aromatic nitrogens is 2. The summed E-state index contributed by atoms with van der Waals surface area (Å²) in [6.45, 7) is 6.81. The first kappa shape index (κ1) is 17.3. The Bertz CT molecular complexity index is 1570. The van der Waals surface area contributed by atoms with E-state index in [1.165, 1.54) is 60.3 Å². The van der Waals surface area contributed by atoms with E-state index >= 15 is 0 Å². The number of hydrogen-bond donors (Lipinski definition) is 2. The average molecular weight is 389 g/mol. The van der Waals surface area contributed by atoms with Crippen LogP contribution in [0.5, 0.6) is 0 Å². The van der Waals surface area contributed by atoms with Crippen molar-refractivity contribution in [3.8, 4) is 11.1 Å². The number of benzene rings is 4. The van der Waals surface area contributed by atoms with E-state index in [0.29, 0.717) is 0 Å². The summed E-state index contributed by atoms with van der Waals surface area (Å²) >= 11 is 0. The van der Waals surface area contributed by atoms with Crippen molar-refractivity contribution in [1.29, 1.82) is 0 Å². The number of hydrogen-bond acceptors (Lipinski definition) is 0. The highest BCUT2D eigenvalue weighted by atomic mass is 14.7. The summed E-state index contributed by atoms with van der Waals surface area (Å²) in [5.41, 5.74) is 8.76. The molecular weight excluding hydrogens is 364 g/mol. The summed E-state index contributed by atoms with van der Waals surface area (Å²) in [7, 11) is 0. The molecule has 0 atom stereocenters. The van der Waals surface area contributed by atoms with Crippen LogP contribution in [0.25, 0.3) is 54.7 Å². The fourth-order valence-electron chi connectivity index (χ4n) is 4.69. The summed E-state index contributed by atoms with van der Waals surface area (Å²) in [5.74, 6) is 0. The molecule has 0 aliphatic heterocycles. The Morgan fingerprint density at radius 2 is 1.27 bits per heavy atom. The fraction of sp³-hybridized carbons (Fsp3) is 0.143. The highest BCUT2D eigenvalue weighted by Gasteiger charge is 2.16. The minimum atomic E-state index is 0.126. The Labute approximate surface area is 175 Å². The summed E-state index contributed by atoms with van der Waals surface area (Å²) in [6, 6.07) is 28.7. The Morgan fingerprint density at radius 3 is 2.13 bits per heavy atom. The summed E-state index contributed by atoms with van der Waals surface area (Å²) in [5, 5.41) is 5.09. The van der Waals surface area contributed by atoms with E-state index in [-0.39, 0.29) is 5.41 Å². The molecule has 0 radical (unpaired) electrons. The first-order valence-corrected chi connectivity index (χ1v) is 10.5. The molecule has 0 saturated carbocycles. The Hall–Kier alpha value is -3.52. The van der Waals surface area contributed by atoms with Gasteiger partial charge in [0.1, 0.15) is 0 Å². The molecule has 0 aliphatic rings. The maximum Gasteiger partial charge on any atom is 0.0472 e. The third kappa shape index (κ3) is 2.50. The molecule has 6 rings (SSSR count). The number of para-hydroxylation sites is 1. The van der Waals surface area contributed by atoms with E-state index in [1.54, 1.807) is 0 Å².